The fraction of sp³-hybridized carbons (Fsp3) is 1.00. The van der Waals surface area contributed by atoms with Crippen LogP contribution in [0.3, 0.4) is 0 Å². The van der Waals surface area contributed by atoms with E-state index in [9.17, 15) is 0 Å². The van der Waals surface area contributed by atoms with Crippen LogP contribution in [0.1, 0.15) is 40.0 Å². The summed E-state index contributed by atoms with van der Waals surface area (Å²) in [7, 11) is 0. The molecule has 0 amide bonds. The van der Waals surface area contributed by atoms with Gasteiger partial charge in [0.05, 0.1) is 0 Å². The predicted octanol–water partition coefficient (Wildman–Crippen LogP) is 1.75. The Balaban J connectivity index is 3.75. The van der Waals surface area contributed by atoms with E-state index in [1.807, 2.05) is 0 Å². The zero-order valence-corrected chi connectivity index (χ0v) is 8.77. The molecule has 0 saturated carbocycles. The highest BCUT2D eigenvalue weighted by atomic mass is 14.9. The van der Waals surface area contributed by atoms with Crippen LogP contribution in [0.15, 0.2) is 0 Å². The average Bonchev–Trinajstić information content (AvgIpc) is 2.12. The first-order chi connectivity index (χ1) is 5.79. The van der Waals surface area contributed by atoms with Gasteiger partial charge < -0.3 is 11.1 Å². The van der Waals surface area contributed by atoms with Crippen LogP contribution in [0.5, 0.6) is 0 Å². The molecule has 0 spiro atoms. The molecule has 0 aromatic heterocycles. The molecule has 1 unspecified atom stereocenters. The van der Waals surface area contributed by atoms with Gasteiger partial charge in [0.25, 0.3) is 0 Å². The van der Waals surface area contributed by atoms with E-state index < -0.39 is 0 Å². The molecule has 0 aliphatic carbocycles. The number of hydrogen-bond acceptors (Lipinski definition) is 2. The van der Waals surface area contributed by atoms with E-state index in [-0.39, 0.29) is 0 Å². The molecule has 2 nitrogen and oxygen atoms in total. The summed E-state index contributed by atoms with van der Waals surface area (Å²) in [4.78, 5) is 0. The molecule has 12 heavy (non-hydrogen) atoms. The maximum atomic E-state index is 5.70. The van der Waals surface area contributed by atoms with Crippen LogP contribution in [0.4, 0.5) is 0 Å². The van der Waals surface area contributed by atoms with Gasteiger partial charge in [-0.25, -0.2) is 0 Å². The van der Waals surface area contributed by atoms with Crippen LogP contribution in [0.2, 0.25) is 0 Å². The minimum absolute atomic E-state index is 0.528. The third kappa shape index (κ3) is 4.07. The van der Waals surface area contributed by atoms with Crippen molar-refractivity contribution in [2.75, 3.05) is 13.1 Å². The van der Waals surface area contributed by atoms with Crippen LogP contribution in [-0.2, 0) is 0 Å². The SMILES string of the molecule is CCCNC(CN)C(CC)CC. The summed E-state index contributed by atoms with van der Waals surface area (Å²) >= 11 is 0. The molecule has 2 heteroatoms. The molecule has 0 aliphatic rings. The van der Waals surface area contributed by atoms with Crippen molar-refractivity contribution in [3.63, 3.8) is 0 Å². The Morgan fingerprint density at radius 1 is 1.17 bits per heavy atom. The maximum Gasteiger partial charge on any atom is 0.0218 e. The number of nitrogens with one attached hydrogen (secondary N) is 1. The van der Waals surface area contributed by atoms with E-state index in [1.165, 1.54) is 19.3 Å². The minimum atomic E-state index is 0.528. The van der Waals surface area contributed by atoms with E-state index in [0.29, 0.717) is 6.04 Å². The predicted molar refractivity (Wildman–Crippen MR) is 55.2 cm³/mol. The summed E-state index contributed by atoms with van der Waals surface area (Å²) in [6.07, 6.45) is 3.65. The Morgan fingerprint density at radius 2 is 1.75 bits per heavy atom. The Morgan fingerprint density at radius 3 is 2.08 bits per heavy atom. The van der Waals surface area contributed by atoms with Crippen molar-refractivity contribution in [1.82, 2.24) is 5.32 Å². The third-order valence-corrected chi connectivity index (χ3v) is 2.53. The largest absolute Gasteiger partial charge is 0.329 e. The van der Waals surface area contributed by atoms with Gasteiger partial charge in [-0.15, -0.1) is 0 Å². The van der Waals surface area contributed by atoms with Crippen molar-refractivity contribution in [3.05, 3.63) is 0 Å². The first-order valence-electron chi connectivity index (χ1n) is 5.23. The fourth-order valence-electron chi connectivity index (χ4n) is 1.63. The minimum Gasteiger partial charge on any atom is -0.329 e. The fourth-order valence-corrected chi connectivity index (χ4v) is 1.63. The topological polar surface area (TPSA) is 38.0 Å². The zero-order valence-electron chi connectivity index (χ0n) is 8.77. The van der Waals surface area contributed by atoms with Crippen LogP contribution in [-0.4, -0.2) is 19.1 Å². The van der Waals surface area contributed by atoms with Crippen LogP contribution in [0.25, 0.3) is 0 Å². The van der Waals surface area contributed by atoms with Gasteiger partial charge in [-0.05, 0) is 18.9 Å². The van der Waals surface area contributed by atoms with Gasteiger partial charge >= 0.3 is 0 Å². The highest BCUT2D eigenvalue weighted by Crippen LogP contribution is 2.11. The first kappa shape index (κ1) is 11.9. The first-order valence-corrected chi connectivity index (χ1v) is 5.23. The van der Waals surface area contributed by atoms with Gasteiger partial charge in [0.1, 0.15) is 0 Å². The van der Waals surface area contributed by atoms with Crippen LogP contribution < -0.4 is 11.1 Å². The summed E-state index contributed by atoms with van der Waals surface area (Å²) < 4.78 is 0. The molecular formula is C10H24N2. The lowest BCUT2D eigenvalue weighted by atomic mass is 9.94. The van der Waals surface area contributed by atoms with Gasteiger partial charge in [0.15, 0.2) is 0 Å². The van der Waals surface area contributed by atoms with Crippen LogP contribution in [0, 0.1) is 5.92 Å². The van der Waals surface area contributed by atoms with Crippen molar-refractivity contribution in [2.24, 2.45) is 11.7 Å². The molecule has 0 rings (SSSR count). The zero-order chi connectivity index (χ0) is 9.40. The molecule has 0 aromatic rings. The van der Waals surface area contributed by atoms with Crippen LogP contribution >= 0.6 is 0 Å². The molecular weight excluding hydrogens is 148 g/mol. The summed E-state index contributed by atoms with van der Waals surface area (Å²) in [5, 5.41) is 3.50. The monoisotopic (exact) mass is 172 g/mol. The van der Waals surface area contributed by atoms with E-state index in [0.717, 1.165) is 19.0 Å². The van der Waals surface area contributed by atoms with Gasteiger partial charge in [-0.2, -0.15) is 0 Å². The number of hydrogen-bond donors (Lipinski definition) is 2. The summed E-state index contributed by atoms with van der Waals surface area (Å²) in [6.45, 7) is 8.53. The second-order valence-corrected chi connectivity index (χ2v) is 3.37. The Bertz CT molecular complexity index is 89.8. The van der Waals surface area contributed by atoms with Crippen molar-refractivity contribution in [1.29, 1.82) is 0 Å². The summed E-state index contributed by atoms with van der Waals surface area (Å²) in [5.74, 6) is 0.751. The second-order valence-electron chi connectivity index (χ2n) is 3.37. The normalized spacial score (nSPS) is 13.8. The Labute approximate surface area is 76.9 Å². The number of rotatable bonds is 7. The highest BCUT2D eigenvalue weighted by molar-refractivity contribution is 4.75. The molecule has 3 N–H and O–H groups in total. The van der Waals surface area contributed by atoms with Crippen molar-refractivity contribution < 1.29 is 0 Å². The summed E-state index contributed by atoms with van der Waals surface area (Å²) in [5.41, 5.74) is 5.70. The van der Waals surface area contributed by atoms with Gasteiger partial charge in [-0.3, -0.25) is 0 Å². The van der Waals surface area contributed by atoms with E-state index in [1.54, 1.807) is 0 Å². The molecule has 0 fully saturated rings. The molecule has 0 saturated heterocycles. The molecule has 1 atom stereocenters. The van der Waals surface area contributed by atoms with E-state index in [4.69, 9.17) is 5.73 Å². The average molecular weight is 172 g/mol. The van der Waals surface area contributed by atoms with Gasteiger partial charge in [0.2, 0.25) is 0 Å². The summed E-state index contributed by atoms with van der Waals surface area (Å²) in [6, 6.07) is 0.528. The van der Waals surface area contributed by atoms with Gasteiger partial charge in [-0.1, -0.05) is 33.6 Å². The molecule has 0 radical (unpaired) electrons. The standard InChI is InChI=1S/C10H24N2/c1-4-7-12-10(8-11)9(5-2)6-3/h9-10,12H,4-8,11H2,1-3H3. The molecule has 0 heterocycles. The lowest BCUT2D eigenvalue weighted by Crippen LogP contribution is -2.42. The quantitative estimate of drug-likeness (QED) is 0.614. The Kier molecular flexibility index (Phi) is 7.51. The molecule has 0 aliphatic heterocycles. The third-order valence-electron chi connectivity index (χ3n) is 2.53. The van der Waals surface area contributed by atoms with Crippen molar-refractivity contribution in [2.45, 2.75) is 46.1 Å². The Hall–Kier alpha value is -0.0800. The van der Waals surface area contributed by atoms with E-state index in [2.05, 4.69) is 26.1 Å². The highest BCUT2D eigenvalue weighted by Gasteiger charge is 2.14. The number of nitrogens with two attached hydrogens (primary N) is 1. The molecule has 0 bridgehead atoms. The smallest absolute Gasteiger partial charge is 0.0218 e. The van der Waals surface area contributed by atoms with Crippen molar-refractivity contribution >= 4 is 0 Å². The van der Waals surface area contributed by atoms with E-state index >= 15 is 0 Å². The molecule has 0 aromatic carbocycles. The second kappa shape index (κ2) is 7.56. The molecule has 74 valence electrons. The lowest BCUT2D eigenvalue weighted by molar-refractivity contribution is 0.340. The van der Waals surface area contributed by atoms with Crippen molar-refractivity contribution in [3.8, 4) is 0 Å². The maximum absolute atomic E-state index is 5.70. The van der Waals surface area contributed by atoms with Gasteiger partial charge in [0, 0.05) is 12.6 Å². The lowest BCUT2D eigenvalue weighted by Gasteiger charge is -2.24.